The summed E-state index contributed by atoms with van der Waals surface area (Å²) in [6.07, 6.45) is 9.82. The molecule has 5 aliphatic rings. The van der Waals surface area contributed by atoms with Crippen molar-refractivity contribution in [1.29, 1.82) is 0 Å². The topological polar surface area (TPSA) is 121 Å². The zero-order chi connectivity index (χ0) is 26.6. The molecule has 4 saturated heterocycles. The number of likely N-dealkylation sites (tertiary alicyclic amines) is 1. The van der Waals surface area contributed by atoms with Crippen LogP contribution in [0.4, 0.5) is 0 Å². The van der Waals surface area contributed by atoms with E-state index in [9.17, 15) is 9.59 Å². The number of methoxy groups -OCH3 is 2. The molecular weight excluding hydrogens is 484 g/mol. The smallest absolute Gasteiger partial charge is 0.229 e. The molecule has 10 heteroatoms. The average Bonchev–Trinajstić information content (AvgIpc) is 2.95. The van der Waals surface area contributed by atoms with Gasteiger partial charge in [0.15, 0.2) is 0 Å². The molecule has 216 valence electrons. The number of nitrogens with one attached hydrogen (secondary N) is 3. The van der Waals surface area contributed by atoms with Crippen molar-refractivity contribution < 1.29 is 19.1 Å². The largest absolute Gasteiger partial charge is 0.379 e. The van der Waals surface area contributed by atoms with Crippen LogP contribution in [0.1, 0.15) is 64.2 Å². The SMILES string of the molecule is COC1CCC(CCNC(=O)C2CC3C(=O)N4CCCCC4NC3N(CC3CCCNC3)C2N)CC1OC. The molecule has 1 saturated carbocycles. The van der Waals surface area contributed by atoms with Crippen LogP contribution in [0.15, 0.2) is 0 Å². The standard InChI is InChI=1S/C28H50N6O4/c1-37-22-9-8-18(14-23(22)38-2)10-12-31-27(35)20-15-21-26(32-24-7-3-4-13-33(24)28(21)36)34(25(20)29)17-19-6-5-11-30-16-19/h18-26,30,32H,3-17,29H2,1-2H3,(H,31,35). The summed E-state index contributed by atoms with van der Waals surface area (Å²) in [5.74, 6) is 0.556. The highest BCUT2D eigenvalue weighted by molar-refractivity contribution is 5.84. The van der Waals surface area contributed by atoms with E-state index in [1.165, 1.54) is 0 Å². The van der Waals surface area contributed by atoms with Crippen molar-refractivity contribution in [2.24, 2.45) is 29.4 Å². The van der Waals surface area contributed by atoms with Crippen molar-refractivity contribution >= 4 is 11.8 Å². The summed E-state index contributed by atoms with van der Waals surface area (Å²) in [4.78, 5) is 31.5. The Kier molecular flexibility index (Phi) is 9.59. The lowest BCUT2D eigenvalue weighted by atomic mass is 9.79. The normalized spacial score (nSPS) is 40.3. The van der Waals surface area contributed by atoms with Crippen LogP contribution < -0.4 is 21.7 Å². The maximum atomic E-state index is 13.7. The van der Waals surface area contributed by atoms with Crippen LogP contribution in [0.5, 0.6) is 0 Å². The van der Waals surface area contributed by atoms with E-state index >= 15 is 0 Å². The number of carbonyl (C=O) groups is 2. The number of carbonyl (C=O) groups excluding carboxylic acids is 2. The van der Waals surface area contributed by atoms with Crippen LogP contribution >= 0.6 is 0 Å². The van der Waals surface area contributed by atoms with Crippen LogP contribution in [0.3, 0.4) is 0 Å². The van der Waals surface area contributed by atoms with Gasteiger partial charge in [0.05, 0.1) is 42.5 Å². The minimum absolute atomic E-state index is 0.00911. The molecule has 9 unspecified atom stereocenters. The van der Waals surface area contributed by atoms with Gasteiger partial charge in [-0.1, -0.05) is 0 Å². The monoisotopic (exact) mass is 534 g/mol. The lowest BCUT2D eigenvalue weighted by molar-refractivity contribution is -0.163. The fraction of sp³-hybridized carbons (Fsp3) is 0.929. The fourth-order valence-corrected chi connectivity index (χ4v) is 7.79. The van der Waals surface area contributed by atoms with Gasteiger partial charge in [-0.05, 0) is 89.1 Å². The number of rotatable bonds is 8. The first kappa shape index (κ1) is 28.2. The number of hydrogen-bond donors (Lipinski definition) is 4. The molecule has 5 fully saturated rings. The predicted octanol–water partition coefficient (Wildman–Crippen LogP) is 0.813. The molecule has 1 aliphatic carbocycles. The Balaban J connectivity index is 1.23. The van der Waals surface area contributed by atoms with E-state index in [-0.39, 0.29) is 42.3 Å². The van der Waals surface area contributed by atoms with E-state index < -0.39 is 12.1 Å². The summed E-state index contributed by atoms with van der Waals surface area (Å²) in [6.45, 7) is 4.28. The second-order valence-corrected chi connectivity index (χ2v) is 12.3. The van der Waals surface area contributed by atoms with E-state index in [2.05, 4.69) is 20.9 Å². The van der Waals surface area contributed by atoms with Crippen LogP contribution in [0.2, 0.25) is 0 Å². The molecule has 0 spiro atoms. The number of hydrogen-bond acceptors (Lipinski definition) is 8. The van der Waals surface area contributed by atoms with Gasteiger partial charge in [-0.25, -0.2) is 0 Å². The Bertz CT molecular complexity index is 810. The highest BCUT2D eigenvalue weighted by Gasteiger charge is 2.52. The summed E-state index contributed by atoms with van der Waals surface area (Å²) in [6, 6.07) is 0. The van der Waals surface area contributed by atoms with E-state index in [0.29, 0.717) is 24.8 Å². The minimum Gasteiger partial charge on any atom is -0.379 e. The first-order valence-electron chi connectivity index (χ1n) is 15.1. The van der Waals surface area contributed by atoms with Gasteiger partial charge in [0, 0.05) is 33.9 Å². The number of nitrogens with zero attached hydrogens (tertiary/aromatic N) is 2. The Morgan fingerprint density at radius 2 is 1.89 bits per heavy atom. The fourth-order valence-electron chi connectivity index (χ4n) is 7.79. The highest BCUT2D eigenvalue weighted by atomic mass is 16.5. The van der Waals surface area contributed by atoms with Crippen molar-refractivity contribution in [3.05, 3.63) is 0 Å². The van der Waals surface area contributed by atoms with Gasteiger partial charge in [-0.2, -0.15) is 0 Å². The lowest BCUT2D eigenvalue weighted by Gasteiger charge is -2.55. The van der Waals surface area contributed by atoms with Gasteiger partial charge in [0.1, 0.15) is 0 Å². The predicted molar refractivity (Wildman–Crippen MR) is 145 cm³/mol. The molecule has 9 atom stereocenters. The summed E-state index contributed by atoms with van der Waals surface area (Å²) in [7, 11) is 3.50. The van der Waals surface area contributed by atoms with Crippen LogP contribution in [-0.4, -0.2) is 99.3 Å². The molecule has 0 aromatic carbocycles. The Morgan fingerprint density at radius 3 is 2.66 bits per heavy atom. The molecule has 0 aromatic heterocycles. The third kappa shape index (κ3) is 6.05. The Labute approximate surface area is 228 Å². The summed E-state index contributed by atoms with van der Waals surface area (Å²) < 4.78 is 11.2. The average molecular weight is 535 g/mol. The van der Waals surface area contributed by atoms with Crippen molar-refractivity contribution in [2.45, 2.75) is 94.9 Å². The van der Waals surface area contributed by atoms with Crippen LogP contribution in [-0.2, 0) is 19.1 Å². The number of amides is 2. The van der Waals surface area contributed by atoms with E-state index in [1.54, 1.807) is 14.2 Å². The van der Waals surface area contributed by atoms with Gasteiger partial charge < -0.3 is 30.7 Å². The zero-order valence-electron chi connectivity index (χ0n) is 23.4. The number of ether oxygens (including phenoxy) is 2. The summed E-state index contributed by atoms with van der Waals surface area (Å²) >= 11 is 0. The second kappa shape index (κ2) is 12.9. The zero-order valence-corrected chi connectivity index (χ0v) is 23.4. The minimum atomic E-state index is -0.399. The first-order chi connectivity index (χ1) is 18.5. The van der Waals surface area contributed by atoms with Gasteiger partial charge in [0.2, 0.25) is 11.8 Å². The molecule has 5 N–H and O–H groups in total. The van der Waals surface area contributed by atoms with Crippen molar-refractivity contribution in [1.82, 2.24) is 25.8 Å². The molecule has 0 bridgehead atoms. The van der Waals surface area contributed by atoms with E-state index in [0.717, 1.165) is 84.0 Å². The molecule has 5 rings (SSSR count). The molecule has 4 aliphatic heterocycles. The van der Waals surface area contributed by atoms with Crippen molar-refractivity contribution in [3.63, 3.8) is 0 Å². The molecule has 10 nitrogen and oxygen atoms in total. The third-order valence-electron chi connectivity index (χ3n) is 10.0. The molecule has 0 aromatic rings. The highest BCUT2D eigenvalue weighted by Crippen LogP contribution is 2.37. The lowest BCUT2D eigenvalue weighted by Crippen LogP contribution is -2.75. The maximum absolute atomic E-state index is 13.7. The number of piperidine rings is 3. The molecule has 38 heavy (non-hydrogen) atoms. The first-order valence-corrected chi connectivity index (χ1v) is 15.1. The third-order valence-corrected chi connectivity index (χ3v) is 10.0. The summed E-state index contributed by atoms with van der Waals surface area (Å²) in [5.41, 5.74) is 6.89. The Hall–Kier alpha value is -1.30. The molecular formula is C28H50N6O4. The molecule has 4 heterocycles. The number of fused-ring (bicyclic) bond motifs is 2. The van der Waals surface area contributed by atoms with Crippen LogP contribution in [0.25, 0.3) is 0 Å². The molecule has 0 radical (unpaired) electrons. The van der Waals surface area contributed by atoms with E-state index in [1.807, 2.05) is 4.90 Å². The maximum Gasteiger partial charge on any atom is 0.229 e. The van der Waals surface area contributed by atoms with E-state index in [4.69, 9.17) is 15.2 Å². The van der Waals surface area contributed by atoms with Crippen LogP contribution in [0, 0.1) is 23.7 Å². The van der Waals surface area contributed by atoms with Gasteiger partial charge in [-0.3, -0.25) is 19.8 Å². The number of nitrogens with two attached hydrogens (primary N) is 1. The summed E-state index contributed by atoms with van der Waals surface area (Å²) in [5, 5.41) is 10.5. The van der Waals surface area contributed by atoms with Crippen molar-refractivity contribution in [3.8, 4) is 0 Å². The second-order valence-electron chi connectivity index (χ2n) is 12.3. The van der Waals surface area contributed by atoms with Gasteiger partial charge >= 0.3 is 0 Å². The van der Waals surface area contributed by atoms with Crippen molar-refractivity contribution in [2.75, 3.05) is 46.9 Å². The van der Waals surface area contributed by atoms with Gasteiger partial charge in [-0.15, -0.1) is 0 Å². The quantitative estimate of drug-likeness (QED) is 0.361. The Morgan fingerprint density at radius 1 is 1.05 bits per heavy atom. The molecule has 2 amide bonds. The van der Waals surface area contributed by atoms with Gasteiger partial charge in [0.25, 0.3) is 0 Å².